The van der Waals surface area contributed by atoms with Gasteiger partial charge in [-0.1, -0.05) is 88.7 Å². The molecule has 0 aromatic heterocycles. The van der Waals surface area contributed by atoms with Crippen molar-refractivity contribution in [1.82, 2.24) is 0 Å². The number of benzene rings is 4. The number of hydrogen-bond acceptors (Lipinski definition) is 3. The predicted molar refractivity (Wildman–Crippen MR) is 144 cm³/mol. The van der Waals surface area contributed by atoms with Crippen LogP contribution in [0.5, 0.6) is 11.5 Å². The molecule has 0 saturated heterocycles. The van der Waals surface area contributed by atoms with Crippen LogP contribution in [0.1, 0.15) is 27.9 Å². The van der Waals surface area contributed by atoms with Crippen molar-refractivity contribution < 1.29 is 14.3 Å². The molecule has 0 atom stereocenters. The van der Waals surface area contributed by atoms with Crippen LogP contribution in [0.15, 0.2) is 108 Å². The van der Waals surface area contributed by atoms with E-state index in [0.29, 0.717) is 36.0 Å². The average Bonchev–Trinajstić information content (AvgIpc) is 2.89. The molecule has 0 unspecified atom stereocenters. The predicted octanol–water partition coefficient (Wildman–Crippen LogP) is 7.33. The van der Waals surface area contributed by atoms with Gasteiger partial charge in [-0.05, 0) is 54.3 Å². The number of carbonyl (C=O) groups is 1. The minimum Gasteiger partial charge on any atom is -0.492 e. The van der Waals surface area contributed by atoms with Crippen molar-refractivity contribution in [2.24, 2.45) is 0 Å². The zero-order chi connectivity index (χ0) is 24.3. The Morgan fingerprint density at radius 2 is 1.31 bits per heavy atom. The first-order chi connectivity index (χ1) is 17.2. The molecule has 0 heterocycles. The number of anilines is 1. The first-order valence-electron chi connectivity index (χ1n) is 11.7. The summed E-state index contributed by atoms with van der Waals surface area (Å²) in [5.74, 6) is 0.944. The second-order valence-corrected chi connectivity index (χ2v) is 9.03. The van der Waals surface area contributed by atoms with Gasteiger partial charge >= 0.3 is 0 Å². The molecule has 0 bridgehead atoms. The summed E-state index contributed by atoms with van der Waals surface area (Å²) >= 11 is 3.47. The van der Waals surface area contributed by atoms with Gasteiger partial charge < -0.3 is 14.8 Å². The molecule has 0 radical (unpaired) electrons. The molecule has 4 rings (SSSR count). The number of nitrogens with one attached hydrogen (secondary N) is 1. The van der Waals surface area contributed by atoms with Crippen LogP contribution in [0, 0.1) is 0 Å². The van der Waals surface area contributed by atoms with Crippen molar-refractivity contribution in [3.63, 3.8) is 0 Å². The molecule has 0 fully saturated rings. The molecule has 5 heteroatoms. The van der Waals surface area contributed by atoms with Crippen LogP contribution >= 0.6 is 15.9 Å². The van der Waals surface area contributed by atoms with Gasteiger partial charge in [0.1, 0.15) is 11.5 Å². The molecule has 1 amide bonds. The molecule has 1 N–H and O–H groups in total. The normalized spacial score (nSPS) is 10.5. The summed E-state index contributed by atoms with van der Waals surface area (Å²) in [6.45, 7) is 1.04. The number of para-hydroxylation sites is 2. The topological polar surface area (TPSA) is 47.6 Å². The van der Waals surface area contributed by atoms with E-state index in [1.165, 1.54) is 11.1 Å². The van der Waals surface area contributed by atoms with Crippen molar-refractivity contribution in [1.29, 1.82) is 0 Å². The number of amides is 1. The quantitative estimate of drug-likeness (QED) is 0.207. The van der Waals surface area contributed by atoms with E-state index in [1.807, 2.05) is 72.8 Å². The molecule has 0 aliphatic rings. The van der Waals surface area contributed by atoms with Crippen LogP contribution < -0.4 is 14.8 Å². The van der Waals surface area contributed by atoms with E-state index in [1.54, 1.807) is 6.07 Å². The van der Waals surface area contributed by atoms with Crippen LogP contribution in [0.25, 0.3) is 0 Å². The van der Waals surface area contributed by atoms with Crippen molar-refractivity contribution in [3.8, 4) is 11.5 Å². The molecular formula is C30H28BrNO3. The van der Waals surface area contributed by atoms with Crippen molar-refractivity contribution in [2.75, 3.05) is 18.5 Å². The lowest BCUT2D eigenvalue weighted by molar-refractivity contribution is 0.102. The number of aryl methyl sites for hydroxylation is 1. The first kappa shape index (κ1) is 24.6. The third-order valence-corrected chi connectivity index (χ3v) is 6.02. The van der Waals surface area contributed by atoms with Crippen LogP contribution in [0.3, 0.4) is 0 Å². The van der Waals surface area contributed by atoms with Gasteiger partial charge in [-0.25, -0.2) is 0 Å². The summed E-state index contributed by atoms with van der Waals surface area (Å²) in [7, 11) is 0. The number of rotatable bonds is 11. The second-order valence-electron chi connectivity index (χ2n) is 8.11. The third-order valence-electron chi connectivity index (χ3n) is 5.52. The van der Waals surface area contributed by atoms with Gasteiger partial charge in [-0.3, -0.25) is 4.79 Å². The zero-order valence-electron chi connectivity index (χ0n) is 19.5. The highest BCUT2D eigenvalue weighted by molar-refractivity contribution is 9.10. The molecule has 0 aliphatic heterocycles. The van der Waals surface area contributed by atoms with Crippen molar-refractivity contribution in [2.45, 2.75) is 19.3 Å². The van der Waals surface area contributed by atoms with Crippen LogP contribution in [0.2, 0.25) is 0 Å². The minimum atomic E-state index is -0.249. The number of hydrogen-bond donors (Lipinski definition) is 1. The first-order valence-corrected chi connectivity index (χ1v) is 12.5. The Morgan fingerprint density at radius 3 is 2.06 bits per heavy atom. The average molecular weight is 530 g/mol. The Kier molecular flexibility index (Phi) is 8.96. The van der Waals surface area contributed by atoms with E-state index in [-0.39, 0.29) is 5.91 Å². The van der Waals surface area contributed by atoms with Gasteiger partial charge in [0.05, 0.1) is 24.5 Å². The fraction of sp³-hybridized carbons (Fsp3) is 0.167. The van der Waals surface area contributed by atoms with Gasteiger partial charge in [-0.15, -0.1) is 0 Å². The fourth-order valence-corrected chi connectivity index (χ4v) is 4.08. The molecule has 4 nitrogen and oxygen atoms in total. The largest absolute Gasteiger partial charge is 0.492 e. The molecule has 0 spiro atoms. The summed E-state index contributed by atoms with van der Waals surface area (Å²) in [6.07, 6.45) is 2.59. The number of ether oxygens (including phenoxy) is 2. The highest BCUT2D eigenvalue weighted by Gasteiger charge is 2.16. The molecule has 4 aromatic rings. The molecule has 35 heavy (non-hydrogen) atoms. The third kappa shape index (κ3) is 7.46. The second kappa shape index (κ2) is 12.8. The van der Waals surface area contributed by atoms with E-state index in [0.717, 1.165) is 23.7 Å². The molecular weight excluding hydrogens is 502 g/mol. The van der Waals surface area contributed by atoms with Gasteiger partial charge in [-0.2, -0.15) is 0 Å². The fourth-order valence-electron chi connectivity index (χ4n) is 3.72. The minimum absolute atomic E-state index is 0.249. The maximum absolute atomic E-state index is 13.2. The Morgan fingerprint density at radius 1 is 0.686 bits per heavy atom. The highest BCUT2D eigenvalue weighted by atomic mass is 79.9. The summed E-state index contributed by atoms with van der Waals surface area (Å²) in [5, 5.41) is 3.00. The smallest absolute Gasteiger partial charge is 0.259 e. The lowest BCUT2D eigenvalue weighted by atomic mass is 10.1. The van der Waals surface area contributed by atoms with Crippen molar-refractivity contribution >= 4 is 27.5 Å². The summed E-state index contributed by atoms with van der Waals surface area (Å²) in [6, 6.07) is 33.4. The lowest BCUT2D eigenvalue weighted by Gasteiger charge is -2.15. The summed E-state index contributed by atoms with van der Waals surface area (Å²) < 4.78 is 12.8. The Labute approximate surface area is 215 Å². The van der Waals surface area contributed by atoms with E-state index in [9.17, 15) is 4.79 Å². The maximum atomic E-state index is 13.2. The molecule has 0 saturated carbocycles. The van der Waals surface area contributed by atoms with Gasteiger partial charge in [0, 0.05) is 10.9 Å². The zero-order valence-corrected chi connectivity index (χ0v) is 21.0. The monoisotopic (exact) mass is 529 g/mol. The Balaban J connectivity index is 1.38. The van der Waals surface area contributed by atoms with E-state index >= 15 is 0 Å². The Bertz CT molecular complexity index is 1230. The maximum Gasteiger partial charge on any atom is 0.259 e. The lowest BCUT2D eigenvalue weighted by Crippen LogP contribution is -2.15. The highest BCUT2D eigenvalue weighted by Crippen LogP contribution is 2.28. The van der Waals surface area contributed by atoms with Gasteiger partial charge in [0.25, 0.3) is 5.91 Å². The molecule has 0 aliphatic carbocycles. The van der Waals surface area contributed by atoms with E-state index < -0.39 is 0 Å². The van der Waals surface area contributed by atoms with Crippen LogP contribution in [-0.2, 0) is 12.8 Å². The van der Waals surface area contributed by atoms with Crippen molar-refractivity contribution in [3.05, 3.63) is 124 Å². The SMILES string of the molecule is O=C(Nc1ccccc1OCCCc1ccccc1)c1cc(Br)ccc1OCCc1ccccc1. The Hall–Kier alpha value is -3.57. The summed E-state index contributed by atoms with van der Waals surface area (Å²) in [4.78, 5) is 13.2. The van der Waals surface area contributed by atoms with Gasteiger partial charge in [0.2, 0.25) is 0 Å². The van der Waals surface area contributed by atoms with Crippen LogP contribution in [0.4, 0.5) is 5.69 Å². The number of carbonyl (C=O) groups excluding carboxylic acids is 1. The number of halogens is 1. The van der Waals surface area contributed by atoms with Gasteiger partial charge in [0.15, 0.2) is 0 Å². The summed E-state index contributed by atoms with van der Waals surface area (Å²) in [5.41, 5.74) is 3.57. The molecule has 4 aromatic carbocycles. The van der Waals surface area contributed by atoms with Crippen LogP contribution in [-0.4, -0.2) is 19.1 Å². The van der Waals surface area contributed by atoms with E-state index in [2.05, 4.69) is 45.5 Å². The van der Waals surface area contributed by atoms with E-state index in [4.69, 9.17) is 9.47 Å². The molecule has 178 valence electrons. The standard InChI is InChI=1S/C30H28BrNO3/c31-25-17-18-28(35-21-19-24-12-5-2-6-13-24)26(22-25)30(33)32-27-15-7-8-16-29(27)34-20-9-14-23-10-3-1-4-11-23/h1-8,10-13,15-18,22H,9,14,19-21H2,(H,32,33).